The van der Waals surface area contributed by atoms with Gasteiger partial charge in [0.1, 0.15) is 12.2 Å². The van der Waals surface area contributed by atoms with Gasteiger partial charge in [-0.3, -0.25) is 4.90 Å². The van der Waals surface area contributed by atoms with Crippen LogP contribution in [0.4, 0.5) is 0 Å². The molecule has 5 nitrogen and oxygen atoms in total. The van der Waals surface area contributed by atoms with E-state index in [0.717, 1.165) is 38.5 Å². The molecule has 0 spiro atoms. The van der Waals surface area contributed by atoms with Gasteiger partial charge in [-0.05, 0) is 39.4 Å². The molecule has 1 aromatic heterocycles. The van der Waals surface area contributed by atoms with E-state index in [0.29, 0.717) is 6.04 Å². The molecule has 17 heavy (non-hydrogen) atoms. The molecule has 1 fully saturated rings. The van der Waals surface area contributed by atoms with Crippen LogP contribution < -0.4 is 5.32 Å². The van der Waals surface area contributed by atoms with Crippen LogP contribution in [0.2, 0.25) is 0 Å². The highest BCUT2D eigenvalue weighted by Gasteiger charge is 2.21. The van der Waals surface area contributed by atoms with E-state index < -0.39 is 0 Å². The first-order valence-corrected chi connectivity index (χ1v) is 6.66. The van der Waals surface area contributed by atoms with E-state index in [1.54, 1.807) is 6.33 Å². The van der Waals surface area contributed by atoms with Gasteiger partial charge in [0.05, 0.1) is 6.54 Å². The molecule has 1 N–H and O–H groups in total. The van der Waals surface area contributed by atoms with E-state index in [2.05, 4.69) is 34.1 Å². The van der Waals surface area contributed by atoms with Gasteiger partial charge in [-0.1, -0.05) is 6.92 Å². The number of nitrogens with one attached hydrogen (secondary N) is 1. The van der Waals surface area contributed by atoms with E-state index in [-0.39, 0.29) is 0 Å². The summed E-state index contributed by atoms with van der Waals surface area (Å²) in [6.45, 7) is 9.53. The highest BCUT2D eigenvalue weighted by atomic mass is 15.3. The molecular formula is C12H23N5. The van der Waals surface area contributed by atoms with Crippen molar-refractivity contribution in [3.05, 3.63) is 12.2 Å². The van der Waals surface area contributed by atoms with Gasteiger partial charge in [0.25, 0.3) is 0 Å². The van der Waals surface area contributed by atoms with Gasteiger partial charge in [0.2, 0.25) is 0 Å². The van der Waals surface area contributed by atoms with Gasteiger partial charge in [-0.15, -0.1) is 0 Å². The predicted octanol–water partition coefficient (Wildman–Crippen LogP) is 0.872. The van der Waals surface area contributed by atoms with Gasteiger partial charge in [-0.25, -0.2) is 9.67 Å². The molecule has 0 amide bonds. The lowest BCUT2D eigenvalue weighted by molar-refractivity contribution is 0.156. The summed E-state index contributed by atoms with van der Waals surface area (Å²) in [4.78, 5) is 6.89. The zero-order valence-corrected chi connectivity index (χ0v) is 10.9. The Morgan fingerprint density at radius 2 is 2.18 bits per heavy atom. The van der Waals surface area contributed by atoms with Crippen molar-refractivity contribution in [3.63, 3.8) is 0 Å². The Morgan fingerprint density at radius 3 is 2.82 bits per heavy atom. The lowest BCUT2D eigenvalue weighted by Crippen LogP contribution is -2.43. The van der Waals surface area contributed by atoms with Gasteiger partial charge in [0, 0.05) is 12.6 Å². The number of hydrogen-bond donors (Lipinski definition) is 1. The molecule has 0 bridgehead atoms. The summed E-state index contributed by atoms with van der Waals surface area (Å²) < 4.78 is 1.99. The summed E-state index contributed by atoms with van der Waals surface area (Å²) in [6.07, 6.45) is 4.15. The van der Waals surface area contributed by atoms with Crippen LogP contribution in [0.1, 0.15) is 32.5 Å². The Kier molecular flexibility index (Phi) is 4.50. The maximum absolute atomic E-state index is 4.36. The van der Waals surface area contributed by atoms with Crippen LogP contribution in [0.25, 0.3) is 0 Å². The molecular weight excluding hydrogens is 214 g/mol. The van der Waals surface area contributed by atoms with Crippen molar-refractivity contribution in [2.24, 2.45) is 0 Å². The first kappa shape index (κ1) is 12.5. The highest BCUT2D eigenvalue weighted by Crippen LogP contribution is 2.14. The standard InChI is InChI=1S/C12H23N5/c1-3-16(11-5-7-13-8-6-11)9-12-14-10-15-17(12)4-2/h10-11,13H,3-9H2,1-2H3. The summed E-state index contributed by atoms with van der Waals surface area (Å²) in [6, 6.07) is 0.697. The summed E-state index contributed by atoms with van der Waals surface area (Å²) in [7, 11) is 0. The molecule has 0 unspecified atom stereocenters. The van der Waals surface area contributed by atoms with Crippen LogP contribution in [0.3, 0.4) is 0 Å². The van der Waals surface area contributed by atoms with Crippen LogP contribution >= 0.6 is 0 Å². The Labute approximate surface area is 103 Å². The Balaban J connectivity index is 1.98. The third-order valence-electron chi connectivity index (χ3n) is 3.57. The molecule has 0 saturated carbocycles. The molecule has 0 aromatic carbocycles. The lowest BCUT2D eigenvalue weighted by Gasteiger charge is -2.33. The molecule has 0 atom stereocenters. The Morgan fingerprint density at radius 1 is 1.41 bits per heavy atom. The van der Waals surface area contributed by atoms with Crippen LogP contribution in [0.15, 0.2) is 6.33 Å². The molecule has 1 saturated heterocycles. The predicted molar refractivity (Wildman–Crippen MR) is 67.7 cm³/mol. The number of rotatable bonds is 5. The molecule has 1 aliphatic heterocycles. The van der Waals surface area contributed by atoms with Crippen molar-refractivity contribution in [1.29, 1.82) is 0 Å². The minimum atomic E-state index is 0.697. The molecule has 1 aromatic rings. The zero-order valence-electron chi connectivity index (χ0n) is 10.9. The maximum atomic E-state index is 4.36. The quantitative estimate of drug-likeness (QED) is 0.825. The smallest absolute Gasteiger partial charge is 0.141 e. The molecule has 1 aliphatic rings. The summed E-state index contributed by atoms with van der Waals surface area (Å²) in [5.74, 6) is 1.09. The second-order valence-electron chi connectivity index (χ2n) is 4.54. The van der Waals surface area contributed by atoms with Crippen LogP contribution in [0, 0.1) is 0 Å². The number of piperidine rings is 1. The maximum Gasteiger partial charge on any atom is 0.141 e. The zero-order chi connectivity index (χ0) is 12.1. The van der Waals surface area contributed by atoms with Gasteiger partial charge in [0.15, 0.2) is 0 Å². The summed E-state index contributed by atoms with van der Waals surface area (Å²) >= 11 is 0. The summed E-state index contributed by atoms with van der Waals surface area (Å²) in [5.41, 5.74) is 0. The molecule has 96 valence electrons. The number of nitrogens with zero attached hydrogens (tertiary/aromatic N) is 4. The number of aromatic nitrogens is 3. The van der Waals surface area contributed by atoms with Gasteiger partial charge >= 0.3 is 0 Å². The topological polar surface area (TPSA) is 46.0 Å². The first-order chi connectivity index (χ1) is 8.35. The monoisotopic (exact) mass is 237 g/mol. The van der Waals surface area contributed by atoms with Crippen molar-refractivity contribution >= 4 is 0 Å². The SMILES string of the molecule is CCN(Cc1ncnn1CC)C1CCNCC1. The fourth-order valence-electron chi connectivity index (χ4n) is 2.53. The van der Waals surface area contributed by atoms with Crippen LogP contribution in [-0.2, 0) is 13.1 Å². The van der Waals surface area contributed by atoms with Crippen molar-refractivity contribution in [1.82, 2.24) is 25.0 Å². The van der Waals surface area contributed by atoms with E-state index >= 15 is 0 Å². The molecule has 5 heteroatoms. The molecule has 0 aliphatic carbocycles. The third kappa shape index (κ3) is 3.04. The molecule has 2 rings (SSSR count). The van der Waals surface area contributed by atoms with E-state index in [9.17, 15) is 0 Å². The second kappa shape index (κ2) is 6.12. The van der Waals surface area contributed by atoms with Gasteiger partial charge < -0.3 is 5.32 Å². The van der Waals surface area contributed by atoms with Crippen molar-refractivity contribution in [2.75, 3.05) is 19.6 Å². The first-order valence-electron chi connectivity index (χ1n) is 6.66. The average molecular weight is 237 g/mol. The van der Waals surface area contributed by atoms with Crippen LogP contribution in [-0.4, -0.2) is 45.3 Å². The van der Waals surface area contributed by atoms with E-state index in [1.807, 2.05) is 4.68 Å². The van der Waals surface area contributed by atoms with Crippen molar-refractivity contribution < 1.29 is 0 Å². The highest BCUT2D eigenvalue weighted by molar-refractivity contribution is 4.87. The minimum absolute atomic E-state index is 0.697. The normalized spacial score (nSPS) is 17.8. The fraction of sp³-hybridized carbons (Fsp3) is 0.833. The lowest BCUT2D eigenvalue weighted by atomic mass is 10.0. The molecule has 0 radical (unpaired) electrons. The fourth-order valence-corrected chi connectivity index (χ4v) is 2.53. The van der Waals surface area contributed by atoms with E-state index in [1.165, 1.54) is 12.8 Å². The summed E-state index contributed by atoms with van der Waals surface area (Å²) in [5, 5.41) is 7.65. The van der Waals surface area contributed by atoms with Crippen molar-refractivity contribution in [3.8, 4) is 0 Å². The van der Waals surface area contributed by atoms with Gasteiger partial charge in [-0.2, -0.15) is 5.10 Å². The van der Waals surface area contributed by atoms with Crippen LogP contribution in [0.5, 0.6) is 0 Å². The second-order valence-corrected chi connectivity index (χ2v) is 4.54. The van der Waals surface area contributed by atoms with E-state index in [4.69, 9.17) is 0 Å². The molecule has 2 heterocycles. The largest absolute Gasteiger partial charge is 0.317 e. The Bertz CT molecular complexity index is 329. The average Bonchev–Trinajstić information content (AvgIpc) is 2.84. The van der Waals surface area contributed by atoms with Crippen molar-refractivity contribution in [2.45, 2.75) is 45.8 Å². The number of aryl methyl sites for hydroxylation is 1. The number of hydrogen-bond acceptors (Lipinski definition) is 4. The Hall–Kier alpha value is -0.940. The third-order valence-corrected chi connectivity index (χ3v) is 3.57. The minimum Gasteiger partial charge on any atom is -0.317 e.